The van der Waals surface area contributed by atoms with Crippen molar-refractivity contribution < 1.29 is 18.7 Å². The highest BCUT2D eigenvalue weighted by molar-refractivity contribution is 7.17. The molecule has 2 aromatic heterocycles. The standard InChI is InChI=1S/C17H19NO4S/c1-3-21-17(20)14-11-9-10(2)6-7-13(11)23-16(14)18-15(19)12-5-4-8-22-12/h4-5,8,10H,3,6-7,9H2,1-2H3,(H,18,19)/t10-/m1/s1. The minimum atomic E-state index is -0.367. The molecule has 6 heteroatoms. The number of amides is 1. The van der Waals surface area contributed by atoms with Crippen LogP contribution < -0.4 is 5.32 Å². The lowest BCUT2D eigenvalue weighted by atomic mass is 9.88. The summed E-state index contributed by atoms with van der Waals surface area (Å²) in [7, 11) is 0. The highest BCUT2D eigenvalue weighted by Crippen LogP contribution is 2.40. The summed E-state index contributed by atoms with van der Waals surface area (Å²) in [4.78, 5) is 25.8. The molecule has 0 saturated carbocycles. The van der Waals surface area contributed by atoms with Crippen molar-refractivity contribution in [2.45, 2.75) is 33.1 Å². The van der Waals surface area contributed by atoms with Gasteiger partial charge >= 0.3 is 5.97 Å². The molecule has 0 fully saturated rings. The number of furan rings is 1. The van der Waals surface area contributed by atoms with Crippen LogP contribution in [0.25, 0.3) is 0 Å². The third-order valence-corrected chi connectivity index (χ3v) is 5.17. The lowest BCUT2D eigenvalue weighted by Crippen LogP contribution is -2.17. The molecule has 1 amide bonds. The van der Waals surface area contributed by atoms with Gasteiger partial charge in [0.15, 0.2) is 5.76 Å². The average molecular weight is 333 g/mol. The summed E-state index contributed by atoms with van der Waals surface area (Å²) in [5, 5.41) is 3.37. The van der Waals surface area contributed by atoms with Gasteiger partial charge in [0.1, 0.15) is 5.00 Å². The Morgan fingerprint density at radius 2 is 2.30 bits per heavy atom. The molecule has 1 N–H and O–H groups in total. The number of aryl methyl sites for hydroxylation is 1. The summed E-state index contributed by atoms with van der Waals surface area (Å²) in [5.41, 5.74) is 1.54. The van der Waals surface area contributed by atoms with E-state index in [9.17, 15) is 9.59 Å². The van der Waals surface area contributed by atoms with Crippen LogP contribution in [0.4, 0.5) is 5.00 Å². The predicted molar refractivity (Wildman–Crippen MR) is 88.1 cm³/mol. The molecule has 0 bridgehead atoms. The summed E-state index contributed by atoms with van der Waals surface area (Å²) in [6, 6.07) is 3.25. The van der Waals surface area contributed by atoms with Crippen molar-refractivity contribution in [3.05, 3.63) is 40.2 Å². The first kappa shape index (κ1) is 15.8. The Bertz CT molecular complexity index is 717. The number of esters is 1. The van der Waals surface area contributed by atoms with Crippen LogP contribution in [-0.2, 0) is 17.6 Å². The zero-order valence-corrected chi connectivity index (χ0v) is 14.0. The third kappa shape index (κ3) is 3.17. The van der Waals surface area contributed by atoms with Crippen molar-refractivity contribution in [2.75, 3.05) is 11.9 Å². The SMILES string of the molecule is CCOC(=O)c1c(NC(=O)c2ccco2)sc2c1C[C@H](C)CC2. The molecular formula is C17H19NO4S. The van der Waals surface area contributed by atoms with Crippen molar-refractivity contribution in [1.82, 2.24) is 0 Å². The molecule has 1 aliphatic carbocycles. The van der Waals surface area contributed by atoms with E-state index in [0.29, 0.717) is 23.1 Å². The van der Waals surface area contributed by atoms with Gasteiger partial charge in [0, 0.05) is 4.88 Å². The Balaban J connectivity index is 1.95. The van der Waals surface area contributed by atoms with E-state index in [-0.39, 0.29) is 17.6 Å². The number of rotatable bonds is 4. The fourth-order valence-corrected chi connectivity index (χ4v) is 4.07. The van der Waals surface area contributed by atoms with Crippen LogP contribution in [0.3, 0.4) is 0 Å². The molecule has 5 nitrogen and oxygen atoms in total. The Morgan fingerprint density at radius 3 is 3.00 bits per heavy atom. The fourth-order valence-electron chi connectivity index (χ4n) is 2.84. The second-order valence-corrected chi connectivity index (χ2v) is 6.81. The topological polar surface area (TPSA) is 68.5 Å². The number of carbonyl (C=O) groups is 2. The highest BCUT2D eigenvalue weighted by atomic mass is 32.1. The van der Waals surface area contributed by atoms with E-state index >= 15 is 0 Å². The Hall–Kier alpha value is -2.08. The van der Waals surface area contributed by atoms with Crippen molar-refractivity contribution in [3.8, 4) is 0 Å². The first-order valence-electron chi connectivity index (χ1n) is 7.76. The quantitative estimate of drug-likeness (QED) is 0.862. The second-order valence-electron chi connectivity index (χ2n) is 5.71. The fraction of sp³-hybridized carbons (Fsp3) is 0.412. The number of fused-ring (bicyclic) bond motifs is 1. The number of anilines is 1. The third-order valence-electron chi connectivity index (χ3n) is 3.96. The maximum Gasteiger partial charge on any atom is 0.341 e. The molecule has 122 valence electrons. The van der Waals surface area contributed by atoms with Crippen molar-refractivity contribution in [3.63, 3.8) is 0 Å². The number of hydrogen-bond donors (Lipinski definition) is 1. The smallest absolute Gasteiger partial charge is 0.341 e. The van der Waals surface area contributed by atoms with Crippen LogP contribution in [0.5, 0.6) is 0 Å². The molecule has 2 heterocycles. The number of ether oxygens (including phenoxy) is 1. The van der Waals surface area contributed by atoms with Gasteiger partial charge < -0.3 is 14.5 Å². The molecule has 3 rings (SSSR count). The van der Waals surface area contributed by atoms with E-state index in [1.807, 2.05) is 0 Å². The summed E-state index contributed by atoms with van der Waals surface area (Å²) >= 11 is 1.47. The molecule has 0 radical (unpaired) electrons. The number of hydrogen-bond acceptors (Lipinski definition) is 5. The van der Waals surface area contributed by atoms with Crippen molar-refractivity contribution in [2.24, 2.45) is 5.92 Å². The van der Waals surface area contributed by atoms with Gasteiger partial charge in [-0.3, -0.25) is 4.79 Å². The normalized spacial score (nSPS) is 16.7. The largest absolute Gasteiger partial charge is 0.462 e. The summed E-state index contributed by atoms with van der Waals surface area (Å²) in [6.07, 6.45) is 4.32. The van der Waals surface area contributed by atoms with Gasteiger partial charge in [0.2, 0.25) is 0 Å². The van der Waals surface area contributed by atoms with Crippen LogP contribution >= 0.6 is 11.3 Å². The van der Waals surface area contributed by atoms with Gasteiger partial charge in [-0.1, -0.05) is 6.92 Å². The molecule has 23 heavy (non-hydrogen) atoms. The molecular weight excluding hydrogens is 314 g/mol. The van der Waals surface area contributed by atoms with Crippen molar-refractivity contribution in [1.29, 1.82) is 0 Å². The zero-order chi connectivity index (χ0) is 16.4. The molecule has 1 aliphatic rings. The van der Waals surface area contributed by atoms with E-state index < -0.39 is 0 Å². The first-order valence-corrected chi connectivity index (χ1v) is 8.58. The van der Waals surface area contributed by atoms with Crippen LogP contribution in [-0.4, -0.2) is 18.5 Å². The molecule has 1 atom stereocenters. The summed E-state index contributed by atoms with van der Waals surface area (Å²) in [5.74, 6) is 0.0273. The molecule has 0 unspecified atom stereocenters. The molecule has 0 aromatic carbocycles. The van der Waals surface area contributed by atoms with Crippen LogP contribution in [0, 0.1) is 5.92 Å². The number of carbonyl (C=O) groups excluding carboxylic acids is 2. The molecule has 0 spiro atoms. The van der Waals surface area contributed by atoms with Gasteiger partial charge in [0.25, 0.3) is 5.91 Å². The number of thiophene rings is 1. The number of nitrogens with one attached hydrogen (secondary N) is 1. The first-order chi connectivity index (χ1) is 11.1. The molecule has 0 aliphatic heterocycles. The highest BCUT2D eigenvalue weighted by Gasteiger charge is 2.29. The van der Waals surface area contributed by atoms with Gasteiger partial charge in [-0.15, -0.1) is 11.3 Å². The predicted octanol–water partition coefficient (Wildman–Crippen LogP) is 3.89. The Labute approximate surface area is 138 Å². The second kappa shape index (κ2) is 6.58. The summed E-state index contributed by atoms with van der Waals surface area (Å²) < 4.78 is 10.3. The molecule has 2 aromatic rings. The van der Waals surface area contributed by atoms with E-state index in [4.69, 9.17) is 9.15 Å². The van der Waals surface area contributed by atoms with E-state index in [2.05, 4.69) is 12.2 Å². The Morgan fingerprint density at radius 1 is 1.48 bits per heavy atom. The lowest BCUT2D eigenvalue weighted by Gasteiger charge is -2.18. The molecule has 0 saturated heterocycles. The maximum atomic E-state index is 12.4. The monoisotopic (exact) mass is 333 g/mol. The van der Waals surface area contributed by atoms with Crippen LogP contribution in [0.15, 0.2) is 22.8 Å². The minimum absolute atomic E-state index is 0.222. The van der Waals surface area contributed by atoms with E-state index in [1.54, 1.807) is 19.1 Å². The summed E-state index contributed by atoms with van der Waals surface area (Å²) in [6.45, 7) is 4.27. The van der Waals surface area contributed by atoms with Crippen LogP contribution in [0.2, 0.25) is 0 Å². The lowest BCUT2D eigenvalue weighted by molar-refractivity contribution is 0.0526. The maximum absolute atomic E-state index is 12.4. The van der Waals surface area contributed by atoms with E-state index in [0.717, 1.165) is 24.8 Å². The Kier molecular flexibility index (Phi) is 4.52. The minimum Gasteiger partial charge on any atom is -0.462 e. The zero-order valence-electron chi connectivity index (χ0n) is 13.2. The van der Waals surface area contributed by atoms with Gasteiger partial charge in [-0.25, -0.2) is 4.79 Å². The van der Waals surface area contributed by atoms with Gasteiger partial charge in [-0.05, 0) is 49.8 Å². The van der Waals surface area contributed by atoms with Gasteiger partial charge in [0.05, 0.1) is 18.4 Å². The van der Waals surface area contributed by atoms with Crippen molar-refractivity contribution >= 4 is 28.2 Å². The van der Waals surface area contributed by atoms with E-state index in [1.165, 1.54) is 22.5 Å². The van der Waals surface area contributed by atoms with Crippen LogP contribution in [0.1, 0.15) is 51.6 Å². The van der Waals surface area contributed by atoms with Gasteiger partial charge in [-0.2, -0.15) is 0 Å². The average Bonchev–Trinajstić information content (AvgIpc) is 3.14.